The lowest BCUT2D eigenvalue weighted by atomic mass is 10.0. The molecular formula is C19H16N4O. The van der Waals surface area contributed by atoms with Crippen molar-refractivity contribution in [1.29, 1.82) is 0 Å². The molecule has 0 unspecified atom stereocenters. The second-order valence-electron chi connectivity index (χ2n) is 5.85. The Morgan fingerprint density at radius 1 is 1.00 bits per heavy atom. The van der Waals surface area contributed by atoms with Crippen LogP contribution in [0.1, 0.15) is 17.0 Å². The van der Waals surface area contributed by atoms with E-state index in [1.165, 1.54) is 5.56 Å². The van der Waals surface area contributed by atoms with Crippen LogP contribution in [0.5, 0.6) is 0 Å². The maximum Gasteiger partial charge on any atom is 0.228 e. The van der Waals surface area contributed by atoms with Crippen LogP contribution in [0.3, 0.4) is 0 Å². The second-order valence-corrected chi connectivity index (χ2v) is 5.85. The van der Waals surface area contributed by atoms with Gasteiger partial charge < -0.3 is 5.32 Å². The van der Waals surface area contributed by atoms with Crippen LogP contribution in [0.2, 0.25) is 0 Å². The van der Waals surface area contributed by atoms with Crippen molar-refractivity contribution in [1.82, 2.24) is 15.0 Å². The molecule has 0 saturated carbocycles. The summed E-state index contributed by atoms with van der Waals surface area (Å²) >= 11 is 0. The first-order valence-corrected chi connectivity index (χ1v) is 7.91. The van der Waals surface area contributed by atoms with Gasteiger partial charge in [0.05, 0.1) is 6.42 Å². The summed E-state index contributed by atoms with van der Waals surface area (Å²) in [5.41, 5.74) is 5.10. The molecule has 1 aromatic carbocycles. The van der Waals surface area contributed by atoms with E-state index in [2.05, 4.69) is 26.3 Å². The van der Waals surface area contributed by atoms with E-state index in [4.69, 9.17) is 0 Å². The maximum atomic E-state index is 11.4. The van der Waals surface area contributed by atoms with Crippen LogP contribution in [0.15, 0.2) is 55.1 Å². The summed E-state index contributed by atoms with van der Waals surface area (Å²) in [5.74, 6) is 0.866. The van der Waals surface area contributed by atoms with Gasteiger partial charge in [-0.3, -0.25) is 9.78 Å². The van der Waals surface area contributed by atoms with Crippen LogP contribution in [0, 0.1) is 0 Å². The molecule has 0 bridgehead atoms. The Labute approximate surface area is 139 Å². The molecule has 0 atom stereocenters. The van der Waals surface area contributed by atoms with Crippen molar-refractivity contribution < 1.29 is 4.79 Å². The molecule has 3 aromatic rings. The van der Waals surface area contributed by atoms with E-state index in [0.717, 1.165) is 41.0 Å². The molecule has 3 heterocycles. The first-order valence-electron chi connectivity index (χ1n) is 7.91. The Kier molecular flexibility index (Phi) is 3.75. The number of hydrogen-bond donors (Lipinski definition) is 1. The van der Waals surface area contributed by atoms with Gasteiger partial charge in [0, 0.05) is 42.5 Å². The molecule has 0 aliphatic carbocycles. The highest BCUT2D eigenvalue weighted by molar-refractivity contribution is 5.99. The highest BCUT2D eigenvalue weighted by Gasteiger charge is 2.17. The minimum Gasteiger partial charge on any atom is -0.326 e. The molecule has 4 rings (SSSR count). The van der Waals surface area contributed by atoms with E-state index in [-0.39, 0.29) is 5.91 Å². The van der Waals surface area contributed by atoms with Crippen molar-refractivity contribution >= 4 is 11.6 Å². The van der Waals surface area contributed by atoms with Gasteiger partial charge in [-0.1, -0.05) is 12.1 Å². The van der Waals surface area contributed by atoms with Gasteiger partial charge in [-0.2, -0.15) is 0 Å². The van der Waals surface area contributed by atoms with Crippen LogP contribution in [0.25, 0.3) is 11.1 Å². The zero-order chi connectivity index (χ0) is 16.4. The van der Waals surface area contributed by atoms with Crippen LogP contribution in [-0.4, -0.2) is 20.9 Å². The molecule has 0 radical (unpaired) electrons. The topological polar surface area (TPSA) is 67.8 Å². The van der Waals surface area contributed by atoms with Crippen molar-refractivity contribution in [2.24, 2.45) is 0 Å². The minimum absolute atomic E-state index is 0.0455. The summed E-state index contributed by atoms with van der Waals surface area (Å²) in [6.45, 7) is 0. The number of aryl methyl sites for hydroxylation is 2. The normalized spacial score (nSPS) is 12.8. The Morgan fingerprint density at radius 3 is 2.67 bits per heavy atom. The van der Waals surface area contributed by atoms with E-state index in [9.17, 15) is 4.79 Å². The summed E-state index contributed by atoms with van der Waals surface area (Å²) in [6, 6.07) is 9.94. The Morgan fingerprint density at radius 2 is 1.88 bits per heavy atom. The average molecular weight is 316 g/mol. The highest BCUT2D eigenvalue weighted by Crippen LogP contribution is 2.28. The number of anilines is 1. The van der Waals surface area contributed by atoms with Gasteiger partial charge in [0.2, 0.25) is 5.91 Å². The highest BCUT2D eigenvalue weighted by atomic mass is 16.1. The summed E-state index contributed by atoms with van der Waals surface area (Å²) in [4.78, 5) is 24.5. The van der Waals surface area contributed by atoms with E-state index in [0.29, 0.717) is 6.42 Å². The van der Waals surface area contributed by atoms with Gasteiger partial charge in [0.15, 0.2) is 0 Å². The minimum atomic E-state index is 0.0455. The Hall–Kier alpha value is -3.08. The van der Waals surface area contributed by atoms with Gasteiger partial charge in [0.1, 0.15) is 5.82 Å². The Balaban J connectivity index is 1.48. The Bertz CT molecular complexity index is 876. The molecule has 5 nitrogen and oxygen atoms in total. The lowest BCUT2D eigenvalue weighted by Crippen LogP contribution is -2.03. The standard InChI is InChI=1S/C19H16N4O/c24-19-9-15-8-14(4-5-17(15)23-19)16-11-21-18(22-12-16)6-3-13-2-1-7-20-10-13/h1-2,4-5,7-8,10-12H,3,6,9H2,(H,23,24). The molecule has 1 aliphatic heterocycles. The van der Waals surface area contributed by atoms with Crippen molar-refractivity contribution in [3.8, 4) is 11.1 Å². The molecule has 2 aromatic heterocycles. The molecular weight excluding hydrogens is 300 g/mol. The third kappa shape index (κ3) is 3.01. The molecule has 1 amide bonds. The van der Waals surface area contributed by atoms with Gasteiger partial charge >= 0.3 is 0 Å². The summed E-state index contributed by atoms with van der Waals surface area (Å²) in [7, 11) is 0. The summed E-state index contributed by atoms with van der Waals surface area (Å²) in [6.07, 6.45) is 9.43. The smallest absolute Gasteiger partial charge is 0.228 e. The van der Waals surface area contributed by atoms with Crippen molar-refractivity contribution in [2.75, 3.05) is 5.32 Å². The maximum absolute atomic E-state index is 11.4. The van der Waals surface area contributed by atoms with Crippen molar-refractivity contribution in [3.63, 3.8) is 0 Å². The molecule has 0 spiro atoms. The second kappa shape index (κ2) is 6.20. The lowest BCUT2D eigenvalue weighted by Gasteiger charge is -2.05. The zero-order valence-corrected chi connectivity index (χ0v) is 13.1. The quantitative estimate of drug-likeness (QED) is 0.803. The van der Waals surface area contributed by atoms with Gasteiger partial charge in [0.25, 0.3) is 0 Å². The van der Waals surface area contributed by atoms with Crippen molar-refractivity contribution in [2.45, 2.75) is 19.3 Å². The van der Waals surface area contributed by atoms with Gasteiger partial charge in [-0.25, -0.2) is 9.97 Å². The molecule has 1 N–H and O–H groups in total. The molecule has 24 heavy (non-hydrogen) atoms. The number of aromatic nitrogens is 3. The van der Waals surface area contributed by atoms with Gasteiger partial charge in [-0.15, -0.1) is 0 Å². The number of benzene rings is 1. The molecule has 5 heteroatoms. The average Bonchev–Trinajstić information content (AvgIpc) is 3.00. The van der Waals surface area contributed by atoms with Crippen LogP contribution >= 0.6 is 0 Å². The molecule has 118 valence electrons. The number of nitrogens with zero attached hydrogens (tertiary/aromatic N) is 3. The zero-order valence-electron chi connectivity index (χ0n) is 13.1. The fourth-order valence-electron chi connectivity index (χ4n) is 2.84. The monoisotopic (exact) mass is 316 g/mol. The SMILES string of the molecule is O=C1Cc2cc(-c3cnc(CCc4cccnc4)nc3)ccc2N1. The predicted octanol–water partition coefficient (Wildman–Crippen LogP) is 2.82. The fourth-order valence-corrected chi connectivity index (χ4v) is 2.84. The number of rotatable bonds is 4. The predicted molar refractivity (Wildman–Crippen MR) is 91.4 cm³/mol. The van der Waals surface area contributed by atoms with E-state index in [1.54, 1.807) is 6.20 Å². The molecule has 0 saturated heterocycles. The van der Waals surface area contributed by atoms with Gasteiger partial charge in [-0.05, 0) is 41.3 Å². The first-order chi connectivity index (χ1) is 11.8. The fraction of sp³-hybridized carbons (Fsp3) is 0.158. The summed E-state index contributed by atoms with van der Waals surface area (Å²) < 4.78 is 0. The number of hydrogen-bond acceptors (Lipinski definition) is 4. The van der Waals surface area contributed by atoms with Crippen LogP contribution in [0.4, 0.5) is 5.69 Å². The van der Waals surface area contributed by atoms with E-state index >= 15 is 0 Å². The first kappa shape index (κ1) is 14.5. The van der Waals surface area contributed by atoms with Crippen molar-refractivity contribution in [3.05, 3.63) is 72.1 Å². The lowest BCUT2D eigenvalue weighted by molar-refractivity contribution is -0.115. The number of nitrogens with one attached hydrogen (secondary N) is 1. The van der Waals surface area contributed by atoms with Crippen LogP contribution < -0.4 is 5.32 Å². The third-order valence-electron chi connectivity index (χ3n) is 4.13. The largest absolute Gasteiger partial charge is 0.326 e. The van der Waals surface area contributed by atoms with Crippen LogP contribution in [-0.2, 0) is 24.1 Å². The summed E-state index contributed by atoms with van der Waals surface area (Å²) in [5, 5.41) is 2.84. The third-order valence-corrected chi connectivity index (χ3v) is 4.13. The van der Waals surface area contributed by atoms with E-state index < -0.39 is 0 Å². The number of fused-ring (bicyclic) bond motifs is 1. The number of amides is 1. The molecule has 1 aliphatic rings. The molecule has 0 fully saturated rings. The number of carbonyl (C=O) groups excluding carboxylic acids is 1. The number of carbonyl (C=O) groups is 1. The van der Waals surface area contributed by atoms with E-state index in [1.807, 2.05) is 42.9 Å². The number of pyridine rings is 1.